The first-order valence-corrected chi connectivity index (χ1v) is 7.33. The second-order valence-corrected chi connectivity index (χ2v) is 6.10. The van der Waals surface area contributed by atoms with E-state index in [4.69, 9.17) is 0 Å². The Hall–Kier alpha value is -1.77. The molecule has 108 valence electrons. The number of hydrogen-bond acceptors (Lipinski definition) is 1. The van der Waals surface area contributed by atoms with Crippen LogP contribution in [0.1, 0.15) is 43.7 Å². The first-order chi connectivity index (χ1) is 9.44. The molecule has 0 spiro atoms. The Kier molecular flexibility index (Phi) is 3.89. The predicted octanol–water partition coefficient (Wildman–Crippen LogP) is 3.98. The van der Waals surface area contributed by atoms with Gasteiger partial charge in [0, 0.05) is 24.0 Å². The van der Waals surface area contributed by atoms with Gasteiger partial charge in [0.2, 0.25) is 0 Å². The molecule has 1 aliphatic rings. The molecule has 0 aliphatic carbocycles. The van der Waals surface area contributed by atoms with E-state index in [1.54, 1.807) is 0 Å². The molecule has 2 heterocycles. The maximum Gasteiger partial charge on any atom is 0.270 e. The summed E-state index contributed by atoms with van der Waals surface area (Å²) in [4.78, 5) is 17.4. The zero-order valence-electron chi connectivity index (χ0n) is 13.1. The summed E-state index contributed by atoms with van der Waals surface area (Å²) >= 11 is 0. The maximum absolute atomic E-state index is 12.3. The number of hydrogen-bond donors (Lipinski definition) is 1. The van der Waals surface area contributed by atoms with Crippen LogP contribution in [0.25, 0.3) is 10.9 Å². The van der Waals surface area contributed by atoms with E-state index < -0.39 is 0 Å². The fourth-order valence-corrected chi connectivity index (χ4v) is 2.66. The van der Waals surface area contributed by atoms with Crippen molar-refractivity contribution in [2.45, 2.75) is 34.6 Å². The third-order valence-corrected chi connectivity index (χ3v) is 3.53. The molecule has 3 rings (SSSR count). The summed E-state index contributed by atoms with van der Waals surface area (Å²) in [5.74, 6) is 0.114. The first-order valence-electron chi connectivity index (χ1n) is 7.33. The molecule has 0 unspecified atom stereocenters. The van der Waals surface area contributed by atoms with Gasteiger partial charge in [-0.25, -0.2) is 0 Å². The lowest BCUT2D eigenvalue weighted by molar-refractivity contribution is 0.0232. The van der Waals surface area contributed by atoms with Crippen molar-refractivity contribution >= 4 is 16.8 Å². The van der Waals surface area contributed by atoms with Crippen LogP contribution in [0, 0.1) is 12.3 Å². The number of H-pyrrole nitrogens is 1. The summed E-state index contributed by atoms with van der Waals surface area (Å²) < 4.78 is 0. The molecular weight excluding hydrogens is 248 g/mol. The highest BCUT2D eigenvalue weighted by Crippen LogP contribution is 2.30. The van der Waals surface area contributed by atoms with Crippen LogP contribution < -0.4 is 0 Å². The van der Waals surface area contributed by atoms with E-state index in [0.29, 0.717) is 5.69 Å². The van der Waals surface area contributed by atoms with Crippen molar-refractivity contribution in [2.75, 3.05) is 13.1 Å². The van der Waals surface area contributed by atoms with Gasteiger partial charge in [0.15, 0.2) is 0 Å². The molecule has 3 nitrogen and oxygen atoms in total. The Morgan fingerprint density at radius 1 is 1.20 bits per heavy atom. The molecule has 0 saturated carbocycles. The number of amides is 1. The van der Waals surface area contributed by atoms with Crippen molar-refractivity contribution < 1.29 is 4.79 Å². The maximum atomic E-state index is 12.3. The number of aryl methyl sites for hydroxylation is 1. The molecule has 0 atom stereocenters. The first kappa shape index (κ1) is 14.6. The fourth-order valence-electron chi connectivity index (χ4n) is 2.66. The van der Waals surface area contributed by atoms with Crippen molar-refractivity contribution in [3.8, 4) is 0 Å². The monoisotopic (exact) mass is 272 g/mol. The van der Waals surface area contributed by atoms with Gasteiger partial charge < -0.3 is 9.88 Å². The van der Waals surface area contributed by atoms with Gasteiger partial charge in [-0.3, -0.25) is 4.79 Å². The van der Waals surface area contributed by atoms with Gasteiger partial charge in [-0.1, -0.05) is 39.8 Å². The highest BCUT2D eigenvalue weighted by atomic mass is 16.2. The second-order valence-electron chi connectivity index (χ2n) is 6.10. The van der Waals surface area contributed by atoms with Crippen molar-refractivity contribution in [2.24, 2.45) is 5.41 Å². The molecule has 1 aliphatic heterocycles. The summed E-state index contributed by atoms with van der Waals surface area (Å²) in [6.45, 7) is 12.1. The molecule has 1 N–H and O–H groups in total. The molecule has 1 aromatic carbocycles. The standard InChI is InChI=1S/C15H18N2O.C2H6/c1-10-4-5-11-7-13(16-12(11)6-10)14(18)17-8-15(2,3)9-17;1-2/h4-7,16H,8-9H2,1-3H3;1-2H3. The number of likely N-dealkylation sites (tertiary alicyclic amines) is 1. The van der Waals surface area contributed by atoms with Crippen molar-refractivity contribution in [1.82, 2.24) is 9.88 Å². The zero-order chi connectivity index (χ0) is 14.9. The number of carbonyl (C=O) groups excluding carboxylic acids is 1. The van der Waals surface area contributed by atoms with E-state index in [1.807, 2.05) is 24.8 Å². The number of carbonyl (C=O) groups is 1. The number of aromatic amines is 1. The molecular formula is C17H24N2O. The largest absolute Gasteiger partial charge is 0.351 e. The topological polar surface area (TPSA) is 36.1 Å². The summed E-state index contributed by atoms with van der Waals surface area (Å²) in [6.07, 6.45) is 0. The van der Waals surface area contributed by atoms with Gasteiger partial charge in [0.1, 0.15) is 5.69 Å². The Labute approximate surface area is 121 Å². The lowest BCUT2D eigenvalue weighted by atomic mass is 9.84. The number of aromatic nitrogens is 1. The van der Waals surface area contributed by atoms with E-state index in [0.717, 1.165) is 24.0 Å². The molecule has 0 bridgehead atoms. The van der Waals surface area contributed by atoms with Crippen LogP contribution in [0.15, 0.2) is 24.3 Å². The third-order valence-electron chi connectivity index (χ3n) is 3.53. The molecule has 2 aromatic rings. The quantitative estimate of drug-likeness (QED) is 0.837. The molecule has 1 amide bonds. The lowest BCUT2D eigenvalue weighted by Gasteiger charge is -2.45. The van der Waals surface area contributed by atoms with Crippen LogP contribution >= 0.6 is 0 Å². The average Bonchev–Trinajstić information content (AvgIpc) is 2.80. The predicted molar refractivity (Wildman–Crippen MR) is 84.1 cm³/mol. The number of benzene rings is 1. The SMILES string of the molecule is CC.Cc1ccc2cc(C(=O)N3CC(C)(C)C3)[nH]c2c1. The molecule has 1 saturated heterocycles. The minimum Gasteiger partial charge on any atom is -0.351 e. The zero-order valence-corrected chi connectivity index (χ0v) is 13.1. The van der Waals surface area contributed by atoms with Crippen LogP contribution in [0.3, 0.4) is 0 Å². The van der Waals surface area contributed by atoms with E-state index in [9.17, 15) is 4.79 Å². The van der Waals surface area contributed by atoms with Gasteiger partial charge in [-0.2, -0.15) is 0 Å². The second kappa shape index (κ2) is 5.31. The number of rotatable bonds is 1. The van der Waals surface area contributed by atoms with Gasteiger partial charge in [-0.05, 0) is 30.0 Å². The Morgan fingerprint density at radius 2 is 1.85 bits per heavy atom. The minimum absolute atomic E-state index is 0.114. The van der Waals surface area contributed by atoms with Gasteiger partial charge in [0.05, 0.1) is 0 Å². The van der Waals surface area contributed by atoms with Gasteiger partial charge in [0.25, 0.3) is 5.91 Å². The normalized spacial score (nSPS) is 16.4. The molecule has 1 fully saturated rings. The molecule has 3 heteroatoms. The summed E-state index contributed by atoms with van der Waals surface area (Å²) in [6, 6.07) is 8.14. The van der Waals surface area contributed by atoms with E-state index in [-0.39, 0.29) is 11.3 Å². The van der Waals surface area contributed by atoms with Crippen LogP contribution in [-0.4, -0.2) is 28.9 Å². The smallest absolute Gasteiger partial charge is 0.270 e. The van der Waals surface area contributed by atoms with Gasteiger partial charge >= 0.3 is 0 Å². The van der Waals surface area contributed by atoms with Crippen LogP contribution in [0.4, 0.5) is 0 Å². The Morgan fingerprint density at radius 3 is 2.45 bits per heavy atom. The average molecular weight is 272 g/mol. The van der Waals surface area contributed by atoms with E-state index in [1.165, 1.54) is 5.56 Å². The van der Waals surface area contributed by atoms with Crippen molar-refractivity contribution in [3.63, 3.8) is 0 Å². The van der Waals surface area contributed by atoms with Crippen LogP contribution in [-0.2, 0) is 0 Å². The summed E-state index contributed by atoms with van der Waals surface area (Å²) in [5.41, 5.74) is 3.22. The lowest BCUT2D eigenvalue weighted by Crippen LogP contribution is -2.55. The minimum atomic E-state index is 0.114. The Bertz CT molecular complexity index is 617. The fraction of sp³-hybridized carbons (Fsp3) is 0.471. The van der Waals surface area contributed by atoms with E-state index in [2.05, 4.69) is 44.0 Å². The summed E-state index contributed by atoms with van der Waals surface area (Å²) in [5, 5.41) is 1.10. The highest BCUT2D eigenvalue weighted by Gasteiger charge is 2.37. The van der Waals surface area contributed by atoms with E-state index >= 15 is 0 Å². The van der Waals surface area contributed by atoms with Crippen molar-refractivity contribution in [3.05, 3.63) is 35.5 Å². The van der Waals surface area contributed by atoms with Crippen molar-refractivity contribution in [1.29, 1.82) is 0 Å². The van der Waals surface area contributed by atoms with Crippen LogP contribution in [0.5, 0.6) is 0 Å². The Balaban J connectivity index is 0.000000704. The number of fused-ring (bicyclic) bond motifs is 1. The summed E-state index contributed by atoms with van der Waals surface area (Å²) in [7, 11) is 0. The molecule has 20 heavy (non-hydrogen) atoms. The molecule has 0 radical (unpaired) electrons. The highest BCUT2D eigenvalue weighted by molar-refractivity contribution is 5.98. The number of nitrogens with zero attached hydrogens (tertiary/aromatic N) is 1. The third kappa shape index (κ3) is 2.72. The van der Waals surface area contributed by atoms with Crippen LogP contribution in [0.2, 0.25) is 0 Å². The van der Waals surface area contributed by atoms with Gasteiger partial charge in [-0.15, -0.1) is 0 Å². The number of nitrogens with one attached hydrogen (secondary N) is 1. The molecule has 1 aromatic heterocycles.